The molecule has 0 rings (SSSR count). The maximum Gasteiger partial charge on any atom is 0.310 e. The number of hydrogen-bond donors (Lipinski definition) is 2. The summed E-state index contributed by atoms with van der Waals surface area (Å²) < 4.78 is 0. The Bertz CT molecular complexity index is 377. The van der Waals surface area contributed by atoms with Crippen molar-refractivity contribution in [1.82, 2.24) is 10.2 Å². The lowest BCUT2D eigenvalue weighted by Crippen LogP contribution is -2.57. The largest absolute Gasteiger partial charge is 0.481 e. The summed E-state index contributed by atoms with van der Waals surface area (Å²) in [4.78, 5) is 25.0. The highest BCUT2D eigenvalue weighted by Crippen LogP contribution is 2.30. The van der Waals surface area contributed by atoms with Gasteiger partial charge in [-0.2, -0.15) is 0 Å². The van der Waals surface area contributed by atoms with Crippen LogP contribution in [0.4, 0.5) is 0 Å². The molecule has 0 aromatic heterocycles. The van der Waals surface area contributed by atoms with Gasteiger partial charge >= 0.3 is 5.97 Å². The van der Waals surface area contributed by atoms with Gasteiger partial charge in [0, 0.05) is 18.6 Å². The zero-order chi connectivity index (χ0) is 16.0. The molecule has 0 saturated carbocycles. The molecular weight excluding hydrogens is 256 g/mol. The van der Waals surface area contributed by atoms with Crippen LogP contribution in [-0.2, 0) is 9.59 Å². The summed E-state index contributed by atoms with van der Waals surface area (Å²) in [6.45, 7) is 15.0. The minimum Gasteiger partial charge on any atom is -0.481 e. The van der Waals surface area contributed by atoms with Crippen molar-refractivity contribution in [3.63, 3.8) is 0 Å². The van der Waals surface area contributed by atoms with Crippen LogP contribution in [0, 0.1) is 5.41 Å². The number of aliphatic carboxylic acids is 1. The second kappa shape index (κ2) is 7.24. The lowest BCUT2D eigenvalue weighted by atomic mass is 9.74. The van der Waals surface area contributed by atoms with Gasteiger partial charge < -0.3 is 15.3 Å². The quantitative estimate of drug-likeness (QED) is 0.631. The number of nitrogens with zero attached hydrogens (tertiary/aromatic N) is 1. The van der Waals surface area contributed by atoms with Crippen molar-refractivity contribution in [3.05, 3.63) is 25.3 Å². The van der Waals surface area contributed by atoms with Crippen LogP contribution in [0.5, 0.6) is 0 Å². The summed E-state index contributed by atoms with van der Waals surface area (Å²) in [5, 5.41) is 12.3. The second-order valence-electron chi connectivity index (χ2n) is 5.78. The predicted octanol–water partition coefficient (Wildman–Crippen LogP) is 1.67. The third-order valence-corrected chi connectivity index (χ3v) is 3.83. The van der Waals surface area contributed by atoms with Gasteiger partial charge in [0.25, 0.3) is 0 Å². The minimum absolute atomic E-state index is 0.0748. The van der Waals surface area contributed by atoms with Crippen molar-refractivity contribution in [2.24, 2.45) is 5.41 Å². The molecule has 1 amide bonds. The van der Waals surface area contributed by atoms with Gasteiger partial charge in [0.1, 0.15) is 0 Å². The van der Waals surface area contributed by atoms with Gasteiger partial charge in [-0.1, -0.05) is 12.2 Å². The highest BCUT2D eigenvalue weighted by molar-refractivity contribution is 5.79. The maximum absolute atomic E-state index is 12.1. The number of carboxylic acid groups (broad SMARTS) is 1. The molecule has 0 heterocycles. The first-order valence-corrected chi connectivity index (χ1v) is 6.58. The molecule has 0 radical (unpaired) electrons. The first-order chi connectivity index (χ1) is 9.10. The normalized spacial score (nSPS) is 11.8. The Morgan fingerprint density at radius 2 is 1.60 bits per heavy atom. The third kappa shape index (κ3) is 4.49. The number of amides is 1. The van der Waals surface area contributed by atoms with Crippen LogP contribution in [0.3, 0.4) is 0 Å². The molecule has 0 unspecified atom stereocenters. The lowest BCUT2D eigenvalue weighted by molar-refractivity contribution is -0.151. The molecule has 5 nitrogen and oxygen atoms in total. The van der Waals surface area contributed by atoms with Crippen molar-refractivity contribution in [1.29, 1.82) is 0 Å². The number of carbonyl (C=O) groups is 2. The van der Waals surface area contributed by atoms with Crippen molar-refractivity contribution in [3.8, 4) is 0 Å². The average Bonchev–Trinajstić information content (AvgIpc) is 2.35. The fourth-order valence-corrected chi connectivity index (χ4v) is 1.49. The minimum atomic E-state index is -0.991. The molecule has 0 spiro atoms. The van der Waals surface area contributed by atoms with Crippen molar-refractivity contribution < 1.29 is 14.7 Å². The molecule has 0 aromatic carbocycles. The molecule has 0 atom stereocenters. The van der Waals surface area contributed by atoms with Crippen molar-refractivity contribution in [2.45, 2.75) is 33.2 Å². The molecule has 0 fully saturated rings. The monoisotopic (exact) mass is 282 g/mol. The number of nitrogens with one attached hydrogen (secondary N) is 1. The molecule has 0 aliphatic carbocycles. The molecule has 0 bridgehead atoms. The Kier molecular flexibility index (Phi) is 6.65. The highest BCUT2D eigenvalue weighted by atomic mass is 16.4. The molecule has 2 N–H and O–H groups in total. The molecule has 5 heteroatoms. The first kappa shape index (κ1) is 18.4. The van der Waals surface area contributed by atoms with Crippen LogP contribution in [0.25, 0.3) is 0 Å². The predicted molar refractivity (Wildman–Crippen MR) is 80.5 cm³/mol. The Hall–Kier alpha value is -1.62. The van der Waals surface area contributed by atoms with E-state index >= 15 is 0 Å². The Labute approximate surface area is 121 Å². The van der Waals surface area contributed by atoms with Gasteiger partial charge in [0.2, 0.25) is 5.91 Å². The second-order valence-corrected chi connectivity index (χ2v) is 5.78. The van der Waals surface area contributed by atoms with Crippen LogP contribution in [-0.4, -0.2) is 47.1 Å². The molecular formula is C15H26N2O3. The van der Waals surface area contributed by atoms with E-state index in [1.807, 2.05) is 0 Å². The van der Waals surface area contributed by atoms with Gasteiger partial charge in [-0.3, -0.25) is 9.59 Å². The van der Waals surface area contributed by atoms with E-state index in [9.17, 15) is 14.7 Å². The van der Waals surface area contributed by atoms with Crippen LogP contribution in [0.2, 0.25) is 0 Å². The van der Waals surface area contributed by atoms with E-state index in [1.54, 1.807) is 44.7 Å². The molecule has 20 heavy (non-hydrogen) atoms. The number of carbonyl (C=O) groups excluding carboxylic acids is 1. The molecule has 0 saturated heterocycles. The summed E-state index contributed by atoms with van der Waals surface area (Å²) in [7, 11) is 0. The zero-order valence-corrected chi connectivity index (χ0v) is 12.9. The summed E-state index contributed by atoms with van der Waals surface area (Å²) in [5.74, 6) is -1.02. The van der Waals surface area contributed by atoms with E-state index in [1.165, 1.54) is 0 Å². The van der Waals surface area contributed by atoms with E-state index in [4.69, 9.17) is 0 Å². The van der Waals surface area contributed by atoms with Crippen molar-refractivity contribution >= 4 is 11.9 Å². The fourth-order valence-electron chi connectivity index (χ4n) is 1.49. The van der Waals surface area contributed by atoms with Crippen LogP contribution < -0.4 is 5.32 Å². The fraction of sp³-hybridized carbons (Fsp3) is 0.600. The summed E-state index contributed by atoms with van der Waals surface area (Å²) >= 11 is 0. The van der Waals surface area contributed by atoms with E-state index in [-0.39, 0.29) is 12.5 Å². The molecule has 0 aromatic rings. The molecule has 0 aliphatic heterocycles. The summed E-state index contributed by atoms with van der Waals surface area (Å²) in [6.07, 6.45) is 3.29. The first-order valence-electron chi connectivity index (χ1n) is 6.58. The zero-order valence-electron chi connectivity index (χ0n) is 12.9. The lowest BCUT2D eigenvalue weighted by Gasteiger charge is -2.39. The third-order valence-electron chi connectivity index (χ3n) is 3.83. The van der Waals surface area contributed by atoms with Gasteiger partial charge in [0.05, 0.1) is 12.0 Å². The summed E-state index contributed by atoms with van der Waals surface area (Å²) in [6, 6.07) is 0. The summed E-state index contributed by atoms with van der Waals surface area (Å²) in [5.41, 5.74) is -1.71. The van der Waals surface area contributed by atoms with Gasteiger partial charge in [0.15, 0.2) is 0 Å². The van der Waals surface area contributed by atoms with Crippen molar-refractivity contribution in [2.75, 3.05) is 19.6 Å². The number of rotatable bonds is 9. The van der Waals surface area contributed by atoms with Gasteiger partial charge in [-0.25, -0.2) is 0 Å². The Balaban J connectivity index is 4.74. The number of hydrogen-bond acceptors (Lipinski definition) is 3. The standard InChI is InChI=1S/C15H26N2O3/c1-7-9-17(10-8-2)12(18)11-16-15(5,6)14(3,4)13(19)20/h7-8,16H,1-2,9-11H2,3-6H3,(H,19,20). The molecule has 0 aliphatic rings. The Morgan fingerprint density at radius 1 is 1.15 bits per heavy atom. The maximum atomic E-state index is 12.1. The van der Waals surface area contributed by atoms with E-state index in [2.05, 4.69) is 18.5 Å². The van der Waals surface area contributed by atoms with Gasteiger partial charge in [-0.15, -0.1) is 13.2 Å². The SMILES string of the molecule is C=CCN(CC=C)C(=O)CNC(C)(C)C(C)(C)C(=O)O. The van der Waals surface area contributed by atoms with Gasteiger partial charge in [-0.05, 0) is 27.7 Å². The average molecular weight is 282 g/mol. The van der Waals surface area contributed by atoms with Crippen LogP contribution in [0.1, 0.15) is 27.7 Å². The highest BCUT2D eigenvalue weighted by Gasteiger charge is 2.43. The van der Waals surface area contributed by atoms with E-state index in [0.29, 0.717) is 13.1 Å². The van der Waals surface area contributed by atoms with Crippen LogP contribution >= 0.6 is 0 Å². The smallest absolute Gasteiger partial charge is 0.310 e. The van der Waals surface area contributed by atoms with E-state index in [0.717, 1.165) is 0 Å². The van der Waals surface area contributed by atoms with Crippen LogP contribution in [0.15, 0.2) is 25.3 Å². The topological polar surface area (TPSA) is 69.6 Å². The molecule has 114 valence electrons. The Morgan fingerprint density at radius 3 is 1.95 bits per heavy atom. The number of carboxylic acids is 1. The van der Waals surface area contributed by atoms with E-state index < -0.39 is 16.9 Å².